The van der Waals surface area contributed by atoms with E-state index < -0.39 is 0 Å². The molecule has 0 aromatic heterocycles. The molecule has 4 heteroatoms. The van der Waals surface area contributed by atoms with E-state index >= 15 is 0 Å². The molecule has 0 aliphatic rings. The van der Waals surface area contributed by atoms with Crippen molar-refractivity contribution in [2.75, 3.05) is 0 Å². The standard InChI is InChI=1S/C4H6N4/c5-1-3(2-6)4(7)8/h1H,5H2,(H3,7,8)/p+1/b3-1-. The lowest BCUT2D eigenvalue weighted by molar-refractivity contribution is -0.114. The van der Waals surface area contributed by atoms with Crippen LogP contribution in [0.4, 0.5) is 0 Å². The maximum absolute atomic E-state index is 8.12. The van der Waals surface area contributed by atoms with Crippen LogP contribution in [0.25, 0.3) is 0 Å². The van der Waals surface area contributed by atoms with Crippen molar-refractivity contribution in [3.63, 3.8) is 0 Å². The Hall–Kier alpha value is -1.50. The van der Waals surface area contributed by atoms with Crippen molar-refractivity contribution in [2.24, 2.45) is 11.5 Å². The fourth-order valence-corrected chi connectivity index (χ4v) is 0.198. The Labute approximate surface area is 46.9 Å². The van der Waals surface area contributed by atoms with Gasteiger partial charge >= 0.3 is 0 Å². The van der Waals surface area contributed by atoms with E-state index in [1.54, 1.807) is 6.07 Å². The third-order valence-electron chi connectivity index (χ3n) is 0.598. The summed E-state index contributed by atoms with van der Waals surface area (Å²) >= 11 is 0. The van der Waals surface area contributed by atoms with Crippen LogP contribution < -0.4 is 16.9 Å². The minimum absolute atomic E-state index is 0.0463. The lowest BCUT2D eigenvalue weighted by Gasteiger charge is -1.80. The van der Waals surface area contributed by atoms with Crippen molar-refractivity contribution in [3.05, 3.63) is 11.8 Å². The van der Waals surface area contributed by atoms with E-state index in [2.05, 4.69) is 0 Å². The number of amidine groups is 1. The van der Waals surface area contributed by atoms with Gasteiger partial charge in [0.05, 0.1) is 0 Å². The van der Waals surface area contributed by atoms with E-state index in [9.17, 15) is 0 Å². The van der Waals surface area contributed by atoms with Crippen LogP contribution in [0.15, 0.2) is 11.8 Å². The highest BCUT2D eigenvalue weighted by Crippen LogP contribution is 1.80. The van der Waals surface area contributed by atoms with Crippen LogP contribution in [0.2, 0.25) is 0 Å². The minimum Gasteiger partial charge on any atom is -0.403 e. The Morgan fingerprint density at radius 3 is 2.25 bits per heavy atom. The van der Waals surface area contributed by atoms with Gasteiger partial charge in [-0.05, 0) is 0 Å². The number of nitrogens with zero attached hydrogens (tertiary/aromatic N) is 1. The molecule has 0 rings (SSSR count). The zero-order valence-electron chi connectivity index (χ0n) is 4.26. The second-order valence-corrected chi connectivity index (χ2v) is 1.15. The molecule has 0 bridgehead atoms. The lowest BCUT2D eigenvalue weighted by atomic mass is 10.3. The number of nitriles is 1. The van der Waals surface area contributed by atoms with Crippen LogP contribution in [0.3, 0.4) is 0 Å². The molecule has 0 amide bonds. The lowest BCUT2D eigenvalue weighted by Crippen LogP contribution is -2.46. The molecular weight excluding hydrogens is 104 g/mol. The SMILES string of the molecule is N#C/C(=C/N)C(N)=[NH2+]. The van der Waals surface area contributed by atoms with Crippen LogP contribution in [0.1, 0.15) is 0 Å². The van der Waals surface area contributed by atoms with Crippen LogP contribution in [-0.4, -0.2) is 5.84 Å². The Morgan fingerprint density at radius 2 is 2.25 bits per heavy atom. The summed E-state index contributed by atoms with van der Waals surface area (Å²) in [7, 11) is 0. The highest BCUT2D eigenvalue weighted by Gasteiger charge is 2.00. The average Bonchev–Trinajstić information content (AvgIpc) is 1.69. The van der Waals surface area contributed by atoms with Gasteiger partial charge in [0, 0.05) is 6.20 Å². The highest BCUT2D eigenvalue weighted by molar-refractivity contribution is 5.95. The summed E-state index contributed by atoms with van der Waals surface area (Å²) in [5.74, 6) is -0.0463. The van der Waals surface area contributed by atoms with Crippen LogP contribution in [0, 0.1) is 11.3 Å². The van der Waals surface area contributed by atoms with E-state index in [1.807, 2.05) is 0 Å². The summed E-state index contributed by atoms with van der Waals surface area (Å²) in [5, 5.41) is 13.1. The molecule has 0 aromatic rings. The van der Waals surface area contributed by atoms with Gasteiger partial charge in [-0.15, -0.1) is 0 Å². The predicted octanol–water partition coefficient (Wildman–Crippen LogP) is -2.53. The zero-order chi connectivity index (χ0) is 6.57. The van der Waals surface area contributed by atoms with Crippen molar-refractivity contribution < 1.29 is 5.41 Å². The van der Waals surface area contributed by atoms with Crippen molar-refractivity contribution >= 4 is 5.84 Å². The molecule has 0 radical (unpaired) electrons. The topological polar surface area (TPSA) is 101 Å². The molecule has 6 N–H and O–H groups in total. The largest absolute Gasteiger partial charge is 0.403 e. The first-order valence-electron chi connectivity index (χ1n) is 1.92. The van der Waals surface area contributed by atoms with Gasteiger partial charge < -0.3 is 5.73 Å². The Kier molecular flexibility index (Phi) is 2.14. The molecule has 42 valence electrons. The van der Waals surface area contributed by atoms with Gasteiger partial charge in [-0.3, -0.25) is 11.1 Å². The first-order chi connectivity index (χ1) is 3.72. The molecule has 0 saturated heterocycles. The average molecular weight is 111 g/mol. The van der Waals surface area contributed by atoms with E-state index in [1.165, 1.54) is 0 Å². The normalized spacial score (nSPS) is 10.1. The van der Waals surface area contributed by atoms with E-state index in [0.29, 0.717) is 0 Å². The van der Waals surface area contributed by atoms with E-state index in [0.717, 1.165) is 6.20 Å². The van der Waals surface area contributed by atoms with Gasteiger partial charge in [0.15, 0.2) is 5.57 Å². The van der Waals surface area contributed by atoms with Gasteiger partial charge in [-0.1, -0.05) is 0 Å². The van der Waals surface area contributed by atoms with Crippen LogP contribution in [0.5, 0.6) is 0 Å². The van der Waals surface area contributed by atoms with Gasteiger partial charge in [0.1, 0.15) is 6.07 Å². The van der Waals surface area contributed by atoms with Gasteiger partial charge in [-0.2, -0.15) is 5.26 Å². The highest BCUT2D eigenvalue weighted by atomic mass is 14.7. The molecule has 0 fully saturated rings. The molecule has 4 nitrogen and oxygen atoms in total. The molecule has 0 unspecified atom stereocenters. The fraction of sp³-hybridized carbons (Fsp3) is 0. The molecule has 0 aliphatic heterocycles. The van der Waals surface area contributed by atoms with Crippen LogP contribution in [-0.2, 0) is 0 Å². The molecule has 0 aromatic carbocycles. The molecule has 0 heterocycles. The number of hydrogen-bond acceptors (Lipinski definition) is 2. The van der Waals surface area contributed by atoms with Crippen LogP contribution >= 0.6 is 0 Å². The predicted molar refractivity (Wildman–Crippen MR) is 29.0 cm³/mol. The third-order valence-corrected chi connectivity index (χ3v) is 0.598. The first kappa shape index (κ1) is 6.50. The maximum Gasteiger partial charge on any atom is 0.283 e. The summed E-state index contributed by atoms with van der Waals surface area (Å²) in [6.07, 6.45) is 1.06. The maximum atomic E-state index is 8.12. The number of hydrogen-bond donors (Lipinski definition) is 3. The monoisotopic (exact) mass is 111 g/mol. The summed E-state index contributed by atoms with van der Waals surface area (Å²) in [6.45, 7) is 0. The van der Waals surface area contributed by atoms with Crippen molar-refractivity contribution in [2.45, 2.75) is 0 Å². The van der Waals surface area contributed by atoms with Crippen molar-refractivity contribution in [3.8, 4) is 6.07 Å². The van der Waals surface area contributed by atoms with E-state index in [4.69, 9.17) is 22.1 Å². The smallest absolute Gasteiger partial charge is 0.283 e. The third kappa shape index (κ3) is 1.30. The molecule has 0 atom stereocenters. The zero-order valence-corrected chi connectivity index (χ0v) is 4.26. The fourth-order valence-electron chi connectivity index (χ4n) is 0.198. The second kappa shape index (κ2) is 2.64. The molecule has 8 heavy (non-hydrogen) atoms. The van der Waals surface area contributed by atoms with Gasteiger partial charge in [-0.25, -0.2) is 0 Å². The Morgan fingerprint density at radius 1 is 1.75 bits per heavy atom. The van der Waals surface area contributed by atoms with Gasteiger partial charge in [0.2, 0.25) is 0 Å². The molecular formula is C4H7N4+. The minimum atomic E-state index is -0.0463. The first-order valence-corrected chi connectivity index (χ1v) is 1.92. The van der Waals surface area contributed by atoms with Crippen molar-refractivity contribution in [1.29, 1.82) is 5.26 Å². The Bertz CT molecular complexity index is 161. The second-order valence-electron chi connectivity index (χ2n) is 1.15. The Balaban J connectivity index is 4.20. The number of nitrogens with two attached hydrogens (primary N) is 3. The summed E-state index contributed by atoms with van der Waals surface area (Å²) in [5.41, 5.74) is 10.0. The molecule has 0 spiro atoms. The molecule has 0 saturated carbocycles. The van der Waals surface area contributed by atoms with Crippen molar-refractivity contribution in [1.82, 2.24) is 0 Å². The summed E-state index contributed by atoms with van der Waals surface area (Å²) in [6, 6.07) is 1.70. The quantitative estimate of drug-likeness (QED) is 0.197. The van der Waals surface area contributed by atoms with E-state index in [-0.39, 0.29) is 11.4 Å². The van der Waals surface area contributed by atoms with Gasteiger partial charge in [0.25, 0.3) is 5.84 Å². The summed E-state index contributed by atoms with van der Waals surface area (Å²) in [4.78, 5) is 0. The number of rotatable bonds is 1. The summed E-state index contributed by atoms with van der Waals surface area (Å²) < 4.78 is 0. The molecule has 0 aliphatic carbocycles.